The smallest absolute Gasteiger partial charge is 0.263 e. The first kappa shape index (κ1) is 11.1. The molecule has 0 aliphatic heterocycles. The number of nitrogens with zero attached hydrogens (tertiary/aromatic N) is 3. The van der Waals surface area contributed by atoms with Crippen LogP contribution in [0.5, 0.6) is 0 Å². The Labute approximate surface area is 97.7 Å². The molecule has 2 rings (SSSR count). The topological polar surface area (TPSA) is 47.8 Å². The number of fused-ring (bicyclic) bond motifs is 1. The van der Waals surface area contributed by atoms with E-state index in [0.717, 1.165) is 11.3 Å². The van der Waals surface area contributed by atoms with Gasteiger partial charge in [0.15, 0.2) is 10.8 Å². The monoisotopic (exact) mass is 235 g/mol. The zero-order valence-corrected chi connectivity index (χ0v) is 10.6. The molecule has 0 saturated heterocycles. The van der Waals surface area contributed by atoms with Gasteiger partial charge >= 0.3 is 0 Å². The van der Waals surface area contributed by atoms with Gasteiger partial charge < -0.3 is 0 Å². The minimum absolute atomic E-state index is 0.0284. The van der Waals surface area contributed by atoms with Crippen LogP contribution in [-0.2, 0) is 7.05 Å². The van der Waals surface area contributed by atoms with E-state index in [1.165, 1.54) is 11.8 Å². The van der Waals surface area contributed by atoms with Gasteiger partial charge in [-0.2, -0.15) is 0 Å². The van der Waals surface area contributed by atoms with Gasteiger partial charge in [0.05, 0.1) is 5.39 Å². The molecule has 0 aliphatic rings. The van der Waals surface area contributed by atoms with Crippen LogP contribution in [0.3, 0.4) is 0 Å². The second-order valence-corrected chi connectivity index (χ2v) is 4.52. The van der Waals surface area contributed by atoms with Crippen LogP contribution in [-0.4, -0.2) is 20.8 Å². The third-order valence-electron chi connectivity index (χ3n) is 2.52. The van der Waals surface area contributed by atoms with Crippen LogP contribution in [0, 0.1) is 13.8 Å². The van der Waals surface area contributed by atoms with Gasteiger partial charge in [-0.25, -0.2) is 9.97 Å². The molecule has 0 unspecified atom stereocenters. The second-order valence-electron chi connectivity index (χ2n) is 3.74. The normalized spacial score (nSPS) is 11.0. The molecule has 0 aromatic carbocycles. The van der Waals surface area contributed by atoms with Gasteiger partial charge in [0, 0.05) is 12.7 Å². The maximum atomic E-state index is 12.1. The minimum Gasteiger partial charge on any atom is -0.290 e. The molecule has 0 atom stereocenters. The zero-order valence-electron chi connectivity index (χ0n) is 9.74. The number of aryl methyl sites for hydroxylation is 2. The predicted octanol–water partition coefficient (Wildman–Crippen LogP) is 1.67. The molecule has 2 heterocycles. The maximum absolute atomic E-state index is 12.1. The Kier molecular flexibility index (Phi) is 2.71. The van der Waals surface area contributed by atoms with E-state index in [2.05, 4.69) is 9.97 Å². The lowest BCUT2D eigenvalue weighted by Gasteiger charge is -2.08. The van der Waals surface area contributed by atoms with Crippen LogP contribution in [0.15, 0.2) is 16.0 Å². The van der Waals surface area contributed by atoms with E-state index < -0.39 is 0 Å². The van der Waals surface area contributed by atoms with Crippen molar-refractivity contribution in [3.05, 3.63) is 27.7 Å². The molecule has 16 heavy (non-hydrogen) atoms. The van der Waals surface area contributed by atoms with Gasteiger partial charge in [-0.05, 0) is 31.7 Å². The number of hydrogen-bond donors (Lipinski definition) is 0. The SMILES string of the molecule is CSc1nc2nc(C)cc(C)c2c(=O)n1C. The fourth-order valence-corrected chi connectivity index (χ4v) is 2.30. The van der Waals surface area contributed by atoms with E-state index >= 15 is 0 Å². The quantitative estimate of drug-likeness (QED) is 0.557. The van der Waals surface area contributed by atoms with E-state index in [-0.39, 0.29) is 5.56 Å². The third kappa shape index (κ3) is 1.61. The lowest BCUT2D eigenvalue weighted by atomic mass is 10.2. The Balaban J connectivity index is 2.99. The Morgan fingerprint density at radius 2 is 2.00 bits per heavy atom. The summed E-state index contributed by atoms with van der Waals surface area (Å²) in [5, 5.41) is 1.31. The number of hydrogen-bond acceptors (Lipinski definition) is 4. The lowest BCUT2D eigenvalue weighted by molar-refractivity contribution is 0.723. The first-order chi connectivity index (χ1) is 7.54. The first-order valence-corrected chi connectivity index (χ1v) is 6.16. The minimum atomic E-state index is -0.0284. The van der Waals surface area contributed by atoms with Crippen LogP contribution in [0.1, 0.15) is 11.3 Å². The van der Waals surface area contributed by atoms with E-state index in [9.17, 15) is 4.79 Å². The summed E-state index contributed by atoms with van der Waals surface area (Å²) in [6.45, 7) is 3.82. The van der Waals surface area contributed by atoms with Crippen LogP contribution in [0.2, 0.25) is 0 Å². The summed E-state index contributed by atoms with van der Waals surface area (Å²) in [6.07, 6.45) is 1.90. The third-order valence-corrected chi connectivity index (χ3v) is 3.25. The molecule has 2 aromatic heterocycles. The molecule has 5 heteroatoms. The van der Waals surface area contributed by atoms with Crippen LogP contribution >= 0.6 is 11.8 Å². The summed E-state index contributed by atoms with van der Waals surface area (Å²) in [6, 6.07) is 1.91. The fourth-order valence-electron chi connectivity index (χ4n) is 1.77. The Morgan fingerprint density at radius 3 is 2.62 bits per heavy atom. The van der Waals surface area contributed by atoms with E-state index in [1.54, 1.807) is 11.6 Å². The van der Waals surface area contributed by atoms with Crippen molar-refractivity contribution < 1.29 is 0 Å². The van der Waals surface area contributed by atoms with Gasteiger partial charge in [0.1, 0.15) is 0 Å². The number of aromatic nitrogens is 3. The van der Waals surface area contributed by atoms with Gasteiger partial charge in [0.2, 0.25) is 0 Å². The maximum Gasteiger partial charge on any atom is 0.263 e. The number of pyridine rings is 1. The summed E-state index contributed by atoms with van der Waals surface area (Å²) in [5.74, 6) is 0. The highest BCUT2D eigenvalue weighted by Crippen LogP contribution is 2.16. The van der Waals surface area contributed by atoms with Crippen molar-refractivity contribution in [3.8, 4) is 0 Å². The van der Waals surface area contributed by atoms with Crippen molar-refractivity contribution in [2.24, 2.45) is 7.05 Å². The van der Waals surface area contributed by atoms with Gasteiger partial charge in [0.25, 0.3) is 5.56 Å². The summed E-state index contributed by atoms with van der Waals surface area (Å²) in [4.78, 5) is 20.8. The van der Waals surface area contributed by atoms with Gasteiger partial charge in [-0.1, -0.05) is 11.8 Å². The molecule has 0 spiro atoms. The highest BCUT2D eigenvalue weighted by Gasteiger charge is 2.11. The van der Waals surface area contributed by atoms with Crippen LogP contribution in [0.4, 0.5) is 0 Å². The van der Waals surface area contributed by atoms with Crippen molar-refractivity contribution in [1.82, 2.24) is 14.5 Å². The lowest BCUT2D eigenvalue weighted by Crippen LogP contribution is -2.21. The first-order valence-electron chi connectivity index (χ1n) is 4.93. The summed E-state index contributed by atoms with van der Waals surface area (Å²) in [5.41, 5.74) is 2.34. The average Bonchev–Trinajstić information content (AvgIpc) is 2.22. The Morgan fingerprint density at radius 1 is 1.31 bits per heavy atom. The van der Waals surface area contributed by atoms with Crippen molar-refractivity contribution in [2.45, 2.75) is 19.0 Å². The molecule has 0 bridgehead atoms. The van der Waals surface area contributed by atoms with E-state index in [0.29, 0.717) is 16.2 Å². The molecule has 0 radical (unpaired) electrons. The number of thioether (sulfide) groups is 1. The van der Waals surface area contributed by atoms with Crippen molar-refractivity contribution in [1.29, 1.82) is 0 Å². The van der Waals surface area contributed by atoms with Crippen molar-refractivity contribution in [3.63, 3.8) is 0 Å². The summed E-state index contributed by atoms with van der Waals surface area (Å²) >= 11 is 1.45. The van der Waals surface area contributed by atoms with Crippen LogP contribution in [0.25, 0.3) is 11.0 Å². The molecule has 0 fully saturated rings. The molecule has 0 saturated carbocycles. The molecule has 4 nitrogen and oxygen atoms in total. The fraction of sp³-hybridized carbons (Fsp3) is 0.364. The molecule has 0 aliphatic carbocycles. The standard InChI is InChI=1S/C11H13N3OS/c1-6-5-7(2)12-9-8(6)10(15)14(3)11(13-9)16-4/h5H,1-4H3. The van der Waals surface area contributed by atoms with Crippen molar-refractivity contribution >= 4 is 22.8 Å². The average molecular weight is 235 g/mol. The van der Waals surface area contributed by atoms with Crippen molar-refractivity contribution in [2.75, 3.05) is 6.26 Å². The second kappa shape index (κ2) is 3.90. The zero-order chi connectivity index (χ0) is 11.9. The van der Waals surface area contributed by atoms with Gasteiger partial charge in [-0.15, -0.1) is 0 Å². The summed E-state index contributed by atoms with van der Waals surface area (Å²) < 4.78 is 1.57. The molecule has 0 amide bonds. The van der Waals surface area contributed by atoms with Crippen LogP contribution < -0.4 is 5.56 Å². The Bertz CT molecular complexity index is 619. The molecule has 0 N–H and O–H groups in total. The van der Waals surface area contributed by atoms with E-state index in [4.69, 9.17) is 0 Å². The molecule has 2 aromatic rings. The number of rotatable bonds is 1. The predicted molar refractivity (Wildman–Crippen MR) is 66.0 cm³/mol. The Hall–Kier alpha value is -1.36. The van der Waals surface area contributed by atoms with Gasteiger partial charge in [-0.3, -0.25) is 9.36 Å². The molecular formula is C11H13N3OS. The van der Waals surface area contributed by atoms with E-state index in [1.807, 2.05) is 26.2 Å². The molecular weight excluding hydrogens is 222 g/mol. The highest BCUT2D eigenvalue weighted by atomic mass is 32.2. The largest absolute Gasteiger partial charge is 0.290 e. The molecule has 84 valence electrons. The summed E-state index contributed by atoms with van der Waals surface area (Å²) in [7, 11) is 1.74. The highest BCUT2D eigenvalue weighted by molar-refractivity contribution is 7.98.